The first-order valence-electron chi connectivity index (χ1n) is 11.2. The topological polar surface area (TPSA) is 132 Å². The van der Waals surface area contributed by atoms with Gasteiger partial charge in [0.1, 0.15) is 17.7 Å². The van der Waals surface area contributed by atoms with Gasteiger partial charge in [0, 0.05) is 13.1 Å². The Morgan fingerprint density at radius 1 is 1.28 bits per heavy atom. The molecule has 18 heteroatoms. The fourth-order valence-corrected chi connectivity index (χ4v) is 4.13. The minimum Gasteiger partial charge on any atom is -0.475 e. The lowest BCUT2D eigenvalue weighted by Crippen LogP contribution is -2.39. The highest BCUT2D eigenvalue weighted by molar-refractivity contribution is 7.08. The van der Waals surface area contributed by atoms with Crippen molar-refractivity contribution in [2.24, 2.45) is 0 Å². The third kappa shape index (κ3) is 8.49. The number of nitrogens with zero attached hydrogens (tertiary/aromatic N) is 6. The number of ether oxygens (including phenoxy) is 1. The van der Waals surface area contributed by atoms with Crippen LogP contribution < -0.4 is 10.2 Å². The quantitative estimate of drug-likeness (QED) is 0.355. The first-order valence-corrected chi connectivity index (χ1v) is 12.1. The molecule has 0 amide bonds. The van der Waals surface area contributed by atoms with Gasteiger partial charge in [-0.05, 0) is 36.5 Å². The second kappa shape index (κ2) is 12.6. The van der Waals surface area contributed by atoms with E-state index >= 15 is 0 Å². The number of rotatable bonds is 7. The summed E-state index contributed by atoms with van der Waals surface area (Å²) in [6.45, 7) is 1.77. The molecule has 0 saturated carbocycles. The number of carbonyl (C=O) groups is 1. The van der Waals surface area contributed by atoms with E-state index in [0.717, 1.165) is 0 Å². The highest BCUT2D eigenvalue weighted by Gasteiger charge is 2.38. The third-order valence-corrected chi connectivity index (χ3v) is 6.05. The Morgan fingerprint density at radius 2 is 2.00 bits per heavy atom. The summed E-state index contributed by atoms with van der Waals surface area (Å²) < 4.78 is 75.7. The molecule has 0 aliphatic carbocycles. The van der Waals surface area contributed by atoms with E-state index in [4.69, 9.17) is 14.6 Å². The summed E-state index contributed by atoms with van der Waals surface area (Å²) in [6, 6.07) is 2.27. The number of carboxylic acid groups (broad SMARTS) is 1. The molecule has 11 nitrogen and oxygen atoms in total. The van der Waals surface area contributed by atoms with Crippen molar-refractivity contribution in [2.45, 2.75) is 24.5 Å². The molecule has 1 saturated heterocycles. The third-order valence-electron chi connectivity index (χ3n) is 5.34. The maximum atomic E-state index is 12.8. The van der Waals surface area contributed by atoms with Crippen LogP contribution in [0.15, 0.2) is 29.2 Å². The maximum Gasteiger partial charge on any atom is 0.490 e. The molecule has 214 valence electrons. The highest BCUT2D eigenvalue weighted by atomic mass is 32.1. The normalized spacial score (nSPS) is 16.9. The van der Waals surface area contributed by atoms with Crippen molar-refractivity contribution in [1.82, 2.24) is 30.0 Å². The largest absolute Gasteiger partial charge is 0.490 e. The number of aromatic nitrogens is 5. The van der Waals surface area contributed by atoms with Crippen LogP contribution >= 0.6 is 11.3 Å². The number of hydrogen-bond acceptors (Lipinski definition) is 10. The predicted octanol–water partition coefficient (Wildman–Crippen LogP) is 3.60. The molecule has 1 aliphatic heterocycles. The number of likely N-dealkylation sites (N-methyl/N-ethyl adjacent to an activating group) is 1. The van der Waals surface area contributed by atoms with Crippen molar-refractivity contribution in [1.29, 1.82) is 0 Å². The molecule has 2 atom stereocenters. The number of H-pyrrole nitrogens is 1. The number of aliphatic carboxylic acids is 1. The SMILES string of the molecule is CN(C)C(CNc1cncc(N2CCOC(c3nc(C(F)(F)F)n[nH]3)C2)n1)c1ccsc1.O=C(O)C(F)(F)F. The van der Waals surface area contributed by atoms with Gasteiger partial charge < -0.3 is 25.0 Å². The number of morpholine rings is 1. The van der Waals surface area contributed by atoms with Crippen LogP contribution in [0.25, 0.3) is 0 Å². The van der Waals surface area contributed by atoms with Gasteiger partial charge in [0.2, 0.25) is 0 Å². The Bertz CT molecular complexity index is 1200. The van der Waals surface area contributed by atoms with Crippen molar-refractivity contribution in [3.63, 3.8) is 0 Å². The van der Waals surface area contributed by atoms with E-state index in [-0.39, 0.29) is 18.4 Å². The Labute approximate surface area is 221 Å². The molecule has 1 fully saturated rings. The van der Waals surface area contributed by atoms with Gasteiger partial charge in [-0.3, -0.25) is 10.1 Å². The predicted molar refractivity (Wildman–Crippen MR) is 127 cm³/mol. The van der Waals surface area contributed by atoms with Crippen LogP contribution in [0.3, 0.4) is 0 Å². The molecule has 3 N–H and O–H groups in total. The first kappa shape index (κ1) is 30.0. The molecule has 2 unspecified atom stereocenters. The zero-order chi connectivity index (χ0) is 28.8. The standard InChI is InChI=1S/C19H23F3N8OS.C2HF3O2/c1-29(2)13(12-3-6-32-11-12)7-24-15-8-23-9-16(25-15)30-4-5-31-14(10-30)17-26-18(28-27-17)19(20,21)22;3-2(4,5)1(6)7/h3,6,8-9,11,13-14H,4-5,7,10H2,1-2H3,(H,24,25)(H,26,27,28);(H,6,7). The van der Waals surface area contributed by atoms with E-state index in [9.17, 15) is 26.3 Å². The highest BCUT2D eigenvalue weighted by Crippen LogP contribution is 2.29. The summed E-state index contributed by atoms with van der Waals surface area (Å²) in [4.78, 5) is 25.4. The average molecular weight is 583 g/mol. The van der Waals surface area contributed by atoms with E-state index in [1.807, 2.05) is 24.4 Å². The van der Waals surface area contributed by atoms with E-state index in [2.05, 4.69) is 46.8 Å². The molecular weight excluding hydrogens is 558 g/mol. The van der Waals surface area contributed by atoms with Gasteiger partial charge in [-0.25, -0.2) is 14.8 Å². The molecule has 0 aromatic carbocycles. The van der Waals surface area contributed by atoms with Crippen LogP contribution in [0, 0.1) is 0 Å². The van der Waals surface area contributed by atoms with Gasteiger partial charge >= 0.3 is 18.3 Å². The molecular formula is C21H24F6N8O3S. The average Bonchev–Trinajstić information content (AvgIpc) is 3.57. The molecule has 39 heavy (non-hydrogen) atoms. The van der Waals surface area contributed by atoms with E-state index in [0.29, 0.717) is 31.3 Å². The smallest absolute Gasteiger partial charge is 0.475 e. The van der Waals surface area contributed by atoms with Gasteiger partial charge in [0.15, 0.2) is 5.82 Å². The summed E-state index contributed by atoms with van der Waals surface area (Å²) in [5, 5.41) is 20.2. The zero-order valence-corrected chi connectivity index (χ0v) is 21.3. The van der Waals surface area contributed by atoms with Crippen LogP contribution in [0.4, 0.5) is 38.0 Å². The molecule has 3 aromatic heterocycles. The van der Waals surface area contributed by atoms with Crippen LogP contribution in [-0.2, 0) is 15.7 Å². The van der Waals surface area contributed by atoms with Crippen molar-refractivity contribution < 1.29 is 41.0 Å². The zero-order valence-electron chi connectivity index (χ0n) is 20.5. The van der Waals surface area contributed by atoms with Gasteiger partial charge in [0.25, 0.3) is 5.82 Å². The number of halogens is 6. The Kier molecular flexibility index (Phi) is 9.68. The number of aromatic amines is 1. The number of thiophene rings is 1. The summed E-state index contributed by atoms with van der Waals surface area (Å²) in [6.07, 6.45) is -7.10. The molecule has 0 radical (unpaired) electrons. The van der Waals surface area contributed by atoms with Crippen LogP contribution in [0.1, 0.15) is 29.4 Å². The molecule has 4 heterocycles. The second-order valence-electron chi connectivity index (χ2n) is 8.33. The van der Waals surface area contributed by atoms with Crippen LogP contribution in [0.2, 0.25) is 0 Å². The van der Waals surface area contributed by atoms with E-state index in [1.165, 1.54) is 5.56 Å². The van der Waals surface area contributed by atoms with Crippen molar-refractivity contribution in [3.05, 3.63) is 46.4 Å². The summed E-state index contributed by atoms with van der Waals surface area (Å²) in [7, 11) is 4.04. The van der Waals surface area contributed by atoms with Gasteiger partial charge in [0.05, 0.1) is 31.6 Å². The number of anilines is 2. The number of alkyl halides is 6. The van der Waals surface area contributed by atoms with Gasteiger partial charge in [-0.1, -0.05) is 0 Å². The molecule has 3 aromatic rings. The molecule has 4 rings (SSSR count). The summed E-state index contributed by atoms with van der Waals surface area (Å²) in [5.74, 6) is -2.70. The van der Waals surface area contributed by atoms with Crippen molar-refractivity contribution >= 4 is 28.9 Å². The van der Waals surface area contributed by atoms with E-state index in [1.54, 1.807) is 23.7 Å². The lowest BCUT2D eigenvalue weighted by molar-refractivity contribution is -0.192. The number of nitrogens with one attached hydrogen (secondary N) is 2. The van der Waals surface area contributed by atoms with Gasteiger partial charge in [-0.2, -0.15) is 37.7 Å². The summed E-state index contributed by atoms with van der Waals surface area (Å²) in [5.41, 5.74) is 1.22. The first-order chi connectivity index (χ1) is 18.3. The second-order valence-corrected chi connectivity index (χ2v) is 9.11. The Balaban J connectivity index is 0.000000532. The van der Waals surface area contributed by atoms with Gasteiger partial charge in [-0.15, -0.1) is 5.10 Å². The van der Waals surface area contributed by atoms with Crippen molar-refractivity contribution in [3.8, 4) is 0 Å². The minimum absolute atomic E-state index is 0.0360. The maximum absolute atomic E-state index is 12.8. The lowest BCUT2D eigenvalue weighted by atomic mass is 10.1. The van der Waals surface area contributed by atoms with E-state index < -0.39 is 30.3 Å². The number of carboxylic acids is 1. The lowest BCUT2D eigenvalue weighted by Gasteiger charge is -2.32. The fraction of sp³-hybridized carbons (Fsp3) is 0.476. The Hall–Kier alpha value is -3.51. The minimum atomic E-state index is -5.08. The number of hydrogen-bond donors (Lipinski definition) is 3. The monoisotopic (exact) mass is 582 g/mol. The Morgan fingerprint density at radius 3 is 2.56 bits per heavy atom. The fourth-order valence-electron chi connectivity index (χ4n) is 3.43. The van der Waals surface area contributed by atoms with Crippen LogP contribution in [0.5, 0.6) is 0 Å². The van der Waals surface area contributed by atoms with Crippen molar-refractivity contribution in [2.75, 3.05) is 50.6 Å². The van der Waals surface area contributed by atoms with Crippen LogP contribution in [-0.4, -0.2) is 87.6 Å². The molecule has 0 spiro atoms. The molecule has 0 bridgehead atoms. The summed E-state index contributed by atoms with van der Waals surface area (Å²) >= 11 is 1.65. The molecule has 1 aliphatic rings.